The number of aromatic nitrogens is 4. The number of aryl methyl sites for hydroxylation is 1. The van der Waals surface area contributed by atoms with E-state index in [-0.39, 0.29) is 17.1 Å². The summed E-state index contributed by atoms with van der Waals surface area (Å²) >= 11 is 1.45. The van der Waals surface area contributed by atoms with Gasteiger partial charge in [-0.15, -0.1) is 11.3 Å². The van der Waals surface area contributed by atoms with Crippen molar-refractivity contribution in [1.29, 1.82) is 0 Å². The molecule has 0 bridgehead atoms. The van der Waals surface area contributed by atoms with Crippen LogP contribution in [-0.2, 0) is 12.8 Å². The maximum atomic E-state index is 13.4. The molecule has 7 nitrogen and oxygen atoms in total. The van der Waals surface area contributed by atoms with Crippen LogP contribution >= 0.6 is 11.3 Å². The van der Waals surface area contributed by atoms with Crippen molar-refractivity contribution in [3.8, 4) is 16.8 Å². The summed E-state index contributed by atoms with van der Waals surface area (Å²) < 4.78 is 16.2. The van der Waals surface area contributed by atoms with Gasteiger partial charge in [-0.1, -0.05) is 30.3 Å². The lowest BCUT2D eigenvalue weighted by Crippen LogP contribution is -2.33. The van der Waals surface area contributed by atoms with Crippen LogP contribution < -0.4 is 11.0 Å². The lowest BCUT2D eigenvalue weighted by molar-refractivity contribution is 0.100. The molecule has 174 valence electrons. The molecular weight excluding hydrogens is 465 g/mol. The number of amides is 1. The van der Waals surface area contributed by atoms with E-state index in [1.165, 1.54) is 29.8 Å². The van der Waals surface area contributed by atoms with Gasteiger partial charge in [0.1, 0.15) is 17.0 Å². The molecule has 0 fully saturated rings. The molecule has 0 radical (unpaired) electrons. The Kier molecular flexibility index (Phi) is 5.07. The summed E-state index contributed by atoms with van der Waals surface area (Å²) in [4.78, 5) is 32.8. The van der Waals surface area contributed by atoms with Gasteiger partial charge in [0.05, 0.1) is 11.1 Å². The number of fused-ring (bicyclic) bond motifs is 2. The van der Waals surface area contributed by atoms with E-state index in [9.17, 15) is 14.0 Å². The minimum absolute atomic E-state index is 0.263. The molecule has 1 amide bonds. The van der Waals surface area contributed by atoms with Crippen LogP contribution in [0.15, 0.2) is 65.7 Å². The summed E-state index contributed by atoms with van der Waals surface area (Å²) in [5.41, 5.74) is 6.82. The fourth-order valence-corrected chi connectivity index (χ4v) is 5.72. The highest BCUT2D eigenvalue weighted by Gasteiger charge is 2.27. The third-order valence-electron chi connectivity index (χ3n) is 6.29. The van der Waals surface area contributed by atoms with E-state index in [1.54, 1.807) is 16.8 Å². The molecular formula is C26H20FN5O2S. The van der Waals surface area contributed by atoms with Gasteiger partial charge in [-0.05, 0) is 56.0 Å². The number of nitrogens with one attached hydrogen (secondary N) is 1. The first-order valence-corrected chi connectivity index (χ1v) is 12.1. The van der Waals surface area contributed by atoms with Crippen molar-refractivity contribution in [3.63, 3.8) is 0 Å². The number of nitrogens with zero attached hydrogens (tertiary/aromatic N) is 4. The number of hydrogen-bond donors (Lipinski definition) is 1. The molecule has 5 aromatic rings. The first-order valence-electron chi connectivity index (χ1n) is 11.3. The SMILES string of the molecule is Cc1sc2ncn(NC(=O)c3nn(-c4ccc(F)cc4)c4c3CCC4)c(=O)c2c1-c1ccccc1. The van der Waals surface area contributed by atoms with Crippen LogP contribution in [0.2, 0.25) is 0 Å². The van der Waals surface area contributed by atoms with E-state index in [0.717, 1.165) is 44.8 Å². The number of benzene rings is 2. The van der Waals surface area contributed by atoms with Crippen LogP contribution in [0.4, 0.5) is 4.39 Å². The summed E-state index contributed by atoms with van der Waals surface area (Å²) in [7, 11) is 0. The third-order valence-corrected chi connectivity index (χ3v) is 7.30. The van der Waals surface area contributed by atoms with Crippen molar-refractivity contribution >= 4 is 27.5 Å². The zero-order valence-corrected chi connectivity index (χ0v) is 19.6. The lowest BCUT2D eigenvalue weighted by Gasteiger charge is -2.08. The zero-order chi connectivity index (χ0) is 24.1. The highest BCUT2D eigenvalue weighted by atomic mass is 32.1. The molecule has 0 atom stereocenters. The van der Waals surface area contributed by atoms with Gasteiger partial charge >= 0.3 is 0 Å². The summed E-state index contributed by atoms with van der Waals surface area (Å²) in [6, 6.07) is 15.7. The molecule has 0 saturated heterocycles. The number of hydrogen-bond acceptors (Lipinski definition) is 5. The van der Waals surface area contributed by atoms with Crippen molar-refractivity contribution in [1.82, 2.24) is 19.4 Å². The van der Waals surface area contributed by atoms with Gasteiger partial charge in [0, 0.05) is 21.7 Å². The predicted octanol–water partition coefficient (Wildman–Crippen LogP) is 4.63. The van der Waals surface area contributed by atoms with E-state index >= 15 is 0 Å². The minimum Gasteiger partial charge on any atom is -0.267 e. The standard InChI is InChI=1S/C26H20FN5O2S/c1-15-21(16-6-3-2-4-7-16)22-25(35-15)28-14-31(26(22)34)30-24(33)23-19-8-5-9-20(19)32(29-23)18-12-10-17(27)11-13-18/h2-4,6-7,10-14H,5,8-9H2,1H3,(H,30,33). The first kappa shape index (κ1) is 21.4. The molecule has 1 aliphatic carbocycles. The Hall–Kier alpha value is -4.11. The Morgan fingerprint density at radius 2 is 1.86 bits per heavy atom. The molecule has 0 aliphatic heterocycles. The molecule has 1 aliphatic rings. The largest absolute Gasteiger partial charge is 0.291 e. The number of rotatable bonds is 4. The van der Waals surface area contributed by atoms with Crippen molar-refractivity contribution < 1.29 is 9.18 Å². The van der Waals surface area contributed by atoms with Gasteiger partial charge in [-0.25, -0.2) is 18.7 Å². The highest BCUT2D eigenvalue weighted by molar-refractivity contribution is 7.19. The average molecular weight is 486 g/mol. The molecule has 6 rings (SSSR count). The topological polar surface area (TPSA) is 81.8 Å². The first-order chi connectivity index (χ1) is 17.0. The quantitative estimate of drug-likeness (QED) is 0.402. The summed E-state index contributed by atoms with van der Waals surface area (Å²) in [5.74, 6) is -0.822. The predicted molar refractivity (Wildman–Crippen MR) is 133 cm³/mol. The molecule has 0 saturated carbocycles. The van der Waals surface area contributed by atoms with Gasteiger partial charge in [0.2, 0.25) is 0 Å². The van der Waals surface area contributed by atoms with Crippen molar-refractivity contribution in [2.75, 3.05) is 5.43 Å². The Balaban J connectivity index is 1.40. The van der Waals surface area contributed by atoms with Crippen LogP contribution in [0.5, 0.6) is 0 Å². The summed E-state index contributed by atoms with van der Waals surface area (Å²) in [6.45, 7) is 1.96. The van der Waals surface area contributed by atoms with Crippen molar-refractivity contribution in [2.24, 2.45) is 0 Å². The molecule has 2 aromatic carbocycles. The monoisotopic (exact) mass is 485 g/mol. The number of carbonyl (C=O) groups is 1. The van der Waals surface area contributed by atoms with E-state index in [1.807, 2.05) is 37.3 Å². The second kappa shape index (κ2) is 8.28. The lowest BCUT2D eigenvalue weighted by atomic mass is 10.0. The van der Waals surface area contributed by atoms with Crippen LogP contribution in [-0.4, -0.2) is 25.3 Å². The van der Waals surface area contributed by atoms with E-state index in [2.05, 4.69) is 15.5 Å². The van der Waals surface area contributed by atoms with E-state index < -0.39 is 5.91 Å². The van der Waals surface area contributed by atoms with Gasteiger partial charge < -0.3 is 0 Å². The number of halogens is 1. The fraction of sp³-hybridized carbons (Fsp3) is 0.154. The Bertz CT molecular complexity index is 1650. The van der Waals surface area contributed by atoms with Crippen LogP contribution in [0.1, 0.15) is 33.0 Å². The van der Waals surface area contributed by atoms with Gasteiger partial charge in [-0.3, -0.25) is 15.0 Å². The number of carbonyl (C=O) groups excluding carboxylic acids is 1. The van der Waals surface area contributed by atoms with E-state index in [4.69, 9.17) is 0 Å². The van der Waals surface area contributed by atoms with Gasteiger partial charge in [0.15, 0.2) is 5.69 Å². The summed E-state index contributed by atoms with van der Waals surface area (Å²) in [5, 5.41) is 5.01. The average Bonchev–Trinajstić information content (AvgIpc) is 3.56. The summed E-state index contributed by atoms with van der Waals surface area (Å²) in [6.07, 6.45) is 3.73. The second-order valence-corrected chi connectivity index (χ2v) is 9.66. The van der Waals surface area contributed by atoms with Crippen molar-refractivity contribution in [3.05, 3.63) is 98.9 Å². The minimum atomic E-state index is -0.486. The van der Waals surface area contributed by atoms with E-state index in [0.29, 0.717) is 22.3 Å². The van der Waals surface area contributed by atoms with Gasteiger partial charge in [-0.2, -0.15) is 5.10 Å². The molecule has 9 heteroatoms. The molecule has 3 aromatic heterocycles. The molecule has 1 N–H and O–H groups in total. The highest BCUT2D eigenvalue weighted by Crippen LogP contribution is 2.35. The maximum absolute atomic E-state index is 13.4. The fourth-order valence-electron chi connectivity index (χ4n) is 4.71. The molecule has 0 unspecified atom stereocenters. The molecule has 0 spiro atoms. The molecule has 3 heterocycles. The zero-order valence-electron chi connectivity index (χ0n) is 18.8. The van der Waals surface area contributed by atoms with Gasteiger partial charge in [0.25, 0.3) is 11.5 Å². The third kappa shape index (κ3) is 3.55. The Morgan fingerprint density at radius 1 is 1.09 bits per heavy atom. The van der Waals surface area contributed by atoms with Crippen molar-refractivity contribution in [2.45, 2.75) is 26.2 Å². The van der Waals surface area contributed by atoms with Crippen LogP contribution in [0.25, 0.3) is 27.0 Å². The number of thiophene rings is 1. The van der Waals surface area contributed by atoms with Crippen LogP contribution in [0.3, 0.4) is 0 Å². The maximum Gasteiger partial charge on any atom is 0.291 e. The Morgan fingerprint density at radius 3 is 2.63 bits per heavy atom. The normalized spacial score (nSPS) is 12.7. The smallest absolute Gasteiger partial charge is 0.267 e. The molecule has 35 heavy (non-hydrogen) atoms. The second-order valence-electron chi connectivity index (χ2n) is 8.46. The van der Waals surface area contributed by atoms with Crippen LogP contribution in [0, 0.1) is 12.7 Å². The Labute approximate surface area is 203 Å².